The smallest absolute Gasteiger partial charge is 0.137 e. The van der Waals surface area contributed by atoms with Crippen LogP contribution < -0.4 is 10.2 Å². The van der Waals surface area contributed by atoms with Crippen LogP contribution in [0, 0.1) is 0 Å². The van der Waals surface area contributed by atoms with Gasteiger partial charge in [0, 0.05) is 36.2 Å². The zero-order valence-corrected chi connectivity index (χ0v) is 13.8. The zero-order valence-electron chi connectivity index (χ0n) is 13.0. The van der Waals surface area contributed by atoms with Gasteiger partial charge in [0.05, 0.1) is 0 Å². The lowest BCUT2D eigenvalue weighted by Crippen LogP contribution is -2.38. The van der Waals surface area contributed by atoms with Crippen LogP contribution in [0.15, 0.2) is 6.33 Å². The highest BCUT2D eigenvalue weighted by Crippen LogP contribution is 2.33. The van der Waals surface area contributed by atoms with Crippen molar-refractivity contribution in [2.45, 2.75) is 45.3 Å². The van der Waals surface area contributed by atoms with Gasteiger partial charge in [-0.2, -0.15) is 11.8 Å². The maximum atomic E-state index is 4.59. The number of aromatic nitrogens is 2. The molecule has 0 bridgehead atoms. The quantitative estimate of drug-likeness (QED) is 0.902. The molecule has 0 amide bonds. The minimum absolute atomic E-state index is 0.426. The highest BCUT2D eigenvalue weighted by atomic mass is 32.2. The topological polar surface area (TPSA) is 41.1 Å². The minimum Gasteiger partial charge on any atom is -0.370 e. The highest BCUT2D eigenvalue weighted by molar-refractivity contribution is 8.00. The Balaban J connectivity index is 2.31. The van der Waals surface area contributed by atoms with Crippen molar-refractivity contribution in [2.24, 2.45) is 0 Å². The fourth-order valence-corrected chi connectivity index (χ4v) is 3.58. The number of anilines is 2. The van der Waals surface area contributed by atoms with E-state index in [4.69, 9.17) is 0 Å². The summed E-state index contributed by atoms with van der Waals surface area (Å²) in [7, 11) is 0. The number of nitrogens with one attached hydrogen (secondary N) is 1. The van der Waals surface area contributed by atoms with E-state index < -0.39 is 0 Å². The first-order valence-electron chi connectivity index (χ1n) is 7.58. The van der Waals surface area contributed by atoms with Crippen LogP contribution in [-0.2, 0) is 0 Å². The summed E-state index contributed by atoms with van der Waals surface area (Å²) in [5.74, 6) is 3.74. The molecular weight excluding hydrogens is 268 g/mol. The maximum absolute atomic E-state index is 4.59. The summed E-state index contributed by atoms with van der Waals surface area (Å²) in [4.78, 5) is 11.5. The second-order valence-electron chi connectivity index (χ2n) is 5.67. The normalized spacial score (nSPS) is 19.4. The first-order chi connectivity index (χ1) is 9.63. The summed E-state index contributed by atoms with van der Waals surface area (Å²) < 4.78 is 0. The predicted octanol–water partition coefficient (Wildman–Crippen LogP) is 3.36. The van der Waals surface area contributed by atoms with Crippen LogP contribution in [0.3, 0.4) is 0 Å². The van der Waals surface area contributed by atoms with Gasteiger partial charge in [0.15, 0.2) is 0 Å². The third-order valence-electron chi connectivity index (χ3n) is 3.52. The molecule has 1 aliphatic heterocycles. The fraction of sp³-hybridized carbons (Fsp3) is 0.733. The molecule has 112 valence electrons. The second-order valence-corrected chi connectivity index (χ2v) is 7.21. The van der Waals surface area contributed by atoms with E-state index in [1.165, 1.54) is 11.3 Å². The average Bonchev–Trinajstić information content (AvgIpc) is 2.44. The van der Waals surface area contributed by atoms with Crippen LogP contribution in [0.25, 0.3) is 0 Å². The Kier molecular flexibility index (Phi) is 5.52. The molecule has 1 aromatic rings. The lowest BCUT2D eigenvalue weighted by atomic mass is 10.0. The first kappa shape index (κ1) is 15.4. The molecule has 4 nitrogen and oxygen atoms in total. The van der Waals surface area contributed by atoms with Crippen molar-refractivity contribution in [1.29, 1.82) is 0 Å². The van der Waals surface area contributed by atoms with Crippen molar-refractivity contribution in [3.8, 4) is 0 Å². The number of hydrogen-bond donors (Lipinski definition) is 1. The van der Waals surface area contributed by atoms with Gasteiger partial charge in [-0.15, -0.1) is 0 Å². The van der Waals surface area contributed by atoms with Gasteiger partial charge in [-0.05, 0) is 12.3 Å². The predicted molar refractivity (Wildman–Crippen MR) is 89.0 cm³/mol. The van der Waals surface area contributed by atoms with Gasteiger partial charge in [-0.3, -0.25) is 0 Å². The van der Waals surface area contributed by atoms with Crippen molar-refractivity contribution in [3.63, 3.8) is 0 Å². The molecule has 0 aliphatic carbocycles. The maximum Gasteiger partial charge on any atom is 0.137 e. The molecule has 0 aromatic carbocycles. The monoisotopic (exact) mass is 294 g/mol. The van der Waals surface area contributed by atoms with Crippen LogP contribution in [0.4, 0.5) is 11.6 Å². The highest BCUT2D eigenvalue weighted by Gasteiger charge is 2.23. The van der Waals surface area contributed by atoms with Gasteiger partial charge in [0.2, 0.25) is 0 Å². The average molecular weight is 294 g/mol. The van der Waals surface area contributed by atoms with E-state index in [0.717, 1.165) is 37.7 Å². The molecule has 20 heavy (non-hydrogen) atoms. The molecule has 1 unspecified atom stereocenters. The lowest BCUT2D eigenvalue weighted by molar-refractivity contribution is 0.744. The molecule has 1 saturated heterocycles. The molecule has 1 aromatic heterocycles. The van der Waals surface area contributed by atoms with Gasteiger partial charge in [-0.25, -0.2) is 9.97 Å². The Morgan fingerprint density at radius 2 is 2.25 bits per heavy atom. The Morgan fingerprint density at radius 1 is 1.45 bits per heavy atom. The molecule has 2 rings (SSSR count). The number of nitrogens with zero attached hydrogens (tertiary/aromatic N) is 3. The Morgan fingerprint density at radius 3 is 2.90 bits per heavy atom. The number of thioether (sulfide) groups is 1. The molecule has 5 heteroatoms. The SMILES string of the molecule is CCCNc1ncnc(N2CCSC(C)C2)c1C(C)C. The van der Waals surface area contributed by atoms with Gasteiger partial charge < -0.3 is 10.2 Å². The van der Waals surface area contributed by atoms with Gasteiger partial charge in [0.25, 0.3) is 0 Å². The molecule has 0 saturated carbocycles. The van der Waals surface area contributed by atoms with Crippen molar-refractivity contribution in [3.05, 3.63) is 11.9 Å². The van der Waals surface area contributed by atoms with Crippen molar-refractivity contribution >= 4 is 23.4 Å². The number of hydrogen-bond acceptors (Lipinski definition) is 5. The summed E-state index contributed by atoms with van der Waals surface area (Å²) in [6.45, 7) is 12.0. The van der Waals surface area contributed by atoms with E-state index >= 15 is 0 Å². The summed E-state index contributed by atoms with van der Waals surface area (Å²) >= 11 is 2.05. The van der Waals surface area contributed by atoms with E-state index in [-0.39, 0.29) is 0 Å². The molecular formula is C15H26N4S. The third-order valence-corrected chi connectivity index (χ3v) is 4.66. The first-order valence-corrected chi connectivity index (χ1v) is 8.63. The molecule has 0 spiro atoms. The standard InChI is InChI=1S/C15H26N4S/c1-5-6-16-14-13(11(2)3)15(18-10-17-14)19-7-8-20-12(4)9-19/h10-12H,5-9H2,1-4H3,(H,16,17,18). The van der Waals surface area contributed by atoms with Gasteiger partial charge in [0.1, 0.15) is 18.0 Å². The van der Waals surface area contributed by atoms with E-state index in [2.05, 4.69) is 47.9 Å². The minimum atomic E-state index is 0.426. The summed E-state index contributed by atoms with van der Waals surface area (Å²) in [6, 6.07) is 0. The van der Waals surface area contributed by atoms with Crippen molar-refractivity contribution < 1.29 is 0 Å². The van der Waals surface area contributed by atoms with Crippen LogP contribution in [0.5, 0.6) is 0 Å². The fourth-order valence-electron chi connectivity index (χ4n) is 2.56. The van der Waals surface area contributed by atoms with Gasteiger partial charge >= 0.3 is 0 Å². The van der Waals surface area contributed by atoms with E-state index in [1.807, 2.05) is 11.8 Å². The van der Waals surface area contributed by atoms with E-state index in [0.29, 0.717) is 11.2 Å². The van der Waals surface area contributed by atoms with Crippen LogP contribution in [0.2, 0.25) is 0 Å². The van der Waals surface area contributed by atoms with Crippen LogP contribution in [-0.4, -0.2) is 40.6 Å². The van der Waals surface area contributed by atoms with Crippen molar-refractivity contribution in [1.82, 2.24) is 9.97 Å². The molecule has 1 N–H and O–H groups in total. The lowest BCUT2D eigenvalue weighted by Gasteiger charge is -2.33. The molecule has 1 fully saturated rings. The Bertz CT molecular complexity index is 436. The molecule has 1 atom stereocenters. The Labute approximate surface area is 126 Å². The number of rotatable bonds is 5. The second kappa shape index (κ2) is 7.16. The van der Waals surface area contributed by atoms with Crippen molar-refractivity contribution in [2.75, 3.05) is 35.6 Å². The molecule has 0 radical (unpaired) electrons. The van der Waals surface area contributed by atoms with E-state index in [1.54, 1.807) is 6.33 Å². The molecule has 2 heterocycles. The zero-order chi connectivity index (χ0) is 14.5. The van der Waals surface area contributed by atoms with Gasteiger partial charge in [-0.1, -0.05) is 27.7 Å². The third kappa shape index (κ3) is 3.57. The van der Waals surface area contributed by atoms with Crippen LogP contribution >= 0.6 is 11.8 Å². The molecule has 1 aliphatic rings. The summed E-state index contributed by atoms with van der Waals surface area (Å²) in [5, 5.41) is 4.12. The summed E-state index contributed by atoms with van der Waals surface area (Å²) in [5.41, 5.74) is 1.26. The van der Waals surface area contributed by atoms with E-state index in [9.17, 15) is 0 Å². The Hall–Kier alpha value is -0.970. The largest absolute Gasteiger partial charge is 0.370 e. The van der Waals surface area contributed by atoms with Crippen LogP contribution in [0.1, 0.15) is 45.6 Å². The summed E-state index contributed by atoms with van der Waals surface area (Å²) in [6.07, 6.45) is 2.81.